The number of piperazine rings is 1. The lowest BCUT2D eigenvalue weighted by Crippen LogP contribution is -2.49. The molecule has 7 heteroatoms. The molecule has 31 heavy (non-hydrogen) atoms. The number of halogens is 1. The third-order valence-electron chi connectivity index (χ3n) is 5.53. The Morgan fingerprint density at radius 2 is 1.71 bits per heavy atom. The summed E-state index contributed by atoms with van der Waals surface area (Å²) in [4.78, 5) is 16.7. The van der Waals surface area contributed by atoms with Gasteiger partial charge in [-0.05, 0) is 42.7 Å². The van der Waals surface area contributed by atoms with E-state index in [4.69, 9.17) is 14.2 Å². The number of amides is 1. The Bertz CT molecular complexity index is 853. The molecule has 1 heterocycles. The average Bonchev–Trinajstić information content (AvgIpc) is 2.80. The molecule has 0 spiro atoms. The molecule has 0 aromatic heterocycles. The van der Waals surface area contributed by atoms with Gasteiger partial charge in [-0.2, -0.15) is 0 Å². The van der Waals surface area contributed by atoms with Crippen molar-refractivity contribution in [3.63, 3.8) is 0 Å². The van der Waals surface area contributed by atoms with E-state index in [1.807, 2.05) is 23.1 Å². The van der Waals surface area contributed by atoms with Crippen molar-refractivity contribution in [3.05, 3.63) is 53.8 Å². The van der Waals surface area contributed by atoms with Crippen LogP contribution in [0.2, 0.25) is 0 Å². The number of nitrogens with zero attached hydrogens (tertiary/aromatic N) is 2. The number of rotatable bonds is 10. The van der Waals surface area contributed by atoms with Crippen molar-refractivity contribution in [2.75, 3.05) is 53.6 Å². The first kappa shape index (κ1) is 22.9. The van der Waals surface area contributed by atoms with Crippen LogP contribution in [0.5, 0.6) is 17.2 Å². The fourth-order valence-corrected chi connectivity index (χ4v) is 3.71. The summed E-state index contributed by atoms with van der Waals surface area (Å²) in [5, 5.41) is 0. The van der Waals surface area contributed by atoms with Gasteiger partial charge in [0.15, 0.2) is 23.1 Å². The van der Waals surface area contributed by atoms with E-state index in [-0.39, 0.29) is 17.5 Å². The number of methoxy groups -OCH3 is 2. The van der Waals surface area contributed by atoms with Gasteiger partial charge in [-0.25, -0.2) is 4.39 Å². The van der Waals surface area contributed by atoms with Gasteiger partial charge in [-0.15, -0.1) is 0 Å². The summed E-state index contributed by atoms with van der Waals surface area (Å²) in [7, 11) is 3.24. The second kappa shape index (κ2) is 11.6. The second-order valence-corrected chi connectivity index (χ2v) is 7.54. The Hall–Kier alpha value is -2.80. The van der Waals surface area contributed by atoms with E-state index >= 15 is 0 Å². The molecule has 0 saturated carbocycles. The molecule has 1 amide bonds. The lowest BCUT2D eigenvalue weighted by molar-refractivity contribution is -0.133. The van der Waals surface area contributed by atoms with E-state index in [0.29, 0.717) is 24.5 Å². The van der Waals surface area contributed by atoms with Crippen LogP contribution in [-0.2, 0) is 11.2 Å². The number of hydrogen-bond acceptors (Lipinski definition) is 5. The van der Waals surface area contributed by atoms with Crippen molar-refractivity contribution in [1.82, 2.24) is 9.80 Å². The second-order valence-electron chi connectivity index (χ2n) is 7.54. The van der Waals surface area contributed by atoms with Crippen LogP contribution < -0.4 is 14.2 Å². The molecule has 1 aliphatic heterocycles. The normalized spacial score (nSPS) is 14.4. The average molecular weight is 431 g/mol. The Morgan fingerprint density at radius 3 is 2.42 bits per heavy atom. The van der Waals surface area contributed by atoms with Gasteiger partial charge in [-0.3, -0.25) is 9.69 Å². The molecule has 0 N–H and O–H groups in total. The molecule has 3 rings (SSSR count). The molecule has 0 aliphatic carbocycles. The van der Waals surface area contributed by atoms with Crippen LogP contribution >= 0.6 is 0 Å². The number of ether oxygens (including phenoxy) is 3. The van der Waals surface area contributed by atoms with Crippen LogP contribution in [0.4, 0.5) is 4.39 Å². The third kappa shape index (κ3) is 6.59. The maximum atomic E-state index is 13.6. The Kier molecular flexibility index (Phi) is 8.53. The monoisotopic (exact) mass is 430 g/mol. The number of aryl methyl sites for hydroxylation is 1. The highest BCUT2D eigenvalue weighted by Gasteiger charge is 2.20. The lowest BCUT2D eigenvalue weighted by Gasteiger charge is -2.34. The minimum Gasteiger partial charge on any atom is -0.493 e. The molecule has 0 radical (unpaired) electrons. The summed E-state index contributed by atoms with van der Waals surface area (Å²) in [6.45, 7) is 4.20. The van der Waals surface area contributed by atoms with Gasteiger partial charge in [0, 0.05) is 39.1 Å². The third-order valence-corrected chi connectivity index (χ3v) is 5.53. The van der Waals surface area contributed by atoms with Gasteiger partial charge < -0.3 is 19.1 Å². The van der Waals surface area contributed by atoms with Gasteiger partial charge >= 0.3 is 0 Å². The number of benzene rings is 2. The van der Waals surface area contributed by atoms with Gasteiger partial charge in [0.05, 0.1) is 14.2 Å². The van der Waals surface area contributed by atoms with Crippen LogP contribution in [0.3, 0.4) is 0 Å². The smallest absolute Gasteiger partial charge is 0.222 e. The predicted octanol–water partition coefficient (Wildman–Crippen LogP) is 3.39. The summed E-state index contributed by atoms with van der Waals surface area (Å²) >= 11 is 0. The number of carbonyl (C=O) groups is 1. The van der Waals surface area contributed by atoms with Crippen LogP contribution in [0, 0.1) is 5.82 Å². The van der Waals surface area contributed by atoms with Crippen molar-refractivity contribution in [1.29, 1.82) is 0 Å². The molecule has 0 bridgehead atoms. The van der Waals surface area contributed by atoms with Crippen molar-refractivity contribution in [3.8, 4) is 17.2 Å². The van der Waals surface area contributed by atoms with E-state index in [1.165, 1.54) is 6.07 Å². The topological polar surface area (TPSA) is 51.2 Å². The minimum atomic E-state index is -0.342. The van der Waals surface area contributed by atoms with Crippen molar-refractivity contribution in [2.45, 2.75) is 19.3 Å². The number of para-hydroxylation sites is 1. The Morgan fingerprint density at radius 1 is 0.968 bits per heavy atom. The Balaban J connectivity index is 1.34. The van der Waals surface area contributed by atoms with E-state index in [0.717, 1.165) is 51.1 Å². The van der Waals surface area contributed by atoms with E-state index in [1.54, 1.807) is 32.4 Å². The van der Waals surface area contributed by atoms with Gasteiger partial charge in [-0.1, -0.05) is 18.2 Å². The van der Waals surface area contributed by atoms with Crippen LogP contribution in [0.25, 0.3) is 0 Å². The molecule has 6 nitrogen and oxygen atoms in total. The molecule has 0 atom stereocenters. The molecule has 1 aliphatic rings. The summed E-state index contributed by atoms with van der Waals surface area (Å²) in [6, 6.07) is 12.3. The zero-order chi connectivity index (χ0) is 22.1. The van der Waals surface area contributed by atoms with Crippen LogP contribution in [0.1, 0.15) is 18.4 Å². The fraction of sp³-hybridized carbons (Fsp3) is 0.458. The van der Waals surface area contributed by atoms with Crippen molar-refractivity contribution >= 4 is 5.91 Å². The lowest BCUT2D eigenvalue weighted by atomic mass is 10.1. The van der Waals surface area contributed by atoms with E-state index in [9.17, 15) is 9.18 Å². The summed E-state index contributed by atoms with van der Waals surface area (Å²) in [5.74, 6) is 1.56. The fourth-order valence-electron chi connectivity index (χ4n) is 3.71. The molecule has 1 fully saturated rings. The largest absolute Gasteiger partial charge is 0.493 e. The molecule has 2 aromatic rings. The van der Waals surface area contributed by atoms with Crippen molar-refractivity contribution in [2.24, 2.45) is 0 Å². The molecule has 2 aromatic carbocycles. The van der Waals surface area contributed by atoms with Gasteiger partial charge in [0.2, 0.25) is 5.91 Å². The zero-order valence-electron chi connectivity index (χ0n) is 18.3. The summed E-state index contributed by atoms with van der Waals surface area (Å²) < 4.78 is 29.7. The Labute approximate surface area is 183 Å². The highest BCUT2D eigenvalue weighted by atomic mass is 19.1. The highest BCUT2D eigenvalue weighted by Crippen LogP contribution is 2.28. The summed E-state index contributed by atoms with van der Waals surface area (Å²) in [5.41, 5.74) is 1.13. The van der Waals surface area contributed by atoms with E-state index in [2.05, 4.69) is 4.90 Å². The minimum absolute atomic E-state index is 0.197. The predicted molar refractivity (Wildman–Crippen MR) is 117 cm³/mol. The van der Waals surface area contributed by atoms with Crippen molar-refractivity contribution < 1.29 is 23.4 Å². The van der Waals surface area contributed by atoms with Crippen LogP contribution in [0.15, 0.2) is 42.5 Å². The van der Waals surface area contributed by atoms with Gasteiger partial charge in [0.1, 0.15) is 6.61 Å². The molecule has 0 unspecified atom stereocenters. The molecular weight excluding hydrogens is 399 g/mol. The SMILES string of the molecule is COc1ccc(CCCC(=O)N2CCN(CCOc3ccccc3F)CC2)cc1OC. The standard InChI is InChI=1S/C24H31FN2O4/c1-29-22-11-10-19(18-23(22)30-2)6-5-9-24(28)27-14-12-26(13-15-27)16-17-31-21-8-4-3-7-20(21)25/h3-4,7-8,10-11,18H,5-6,9,12-17H2,1-2H3. The quantitative estimate of drug-likeness (QED) is 0.578. The first-order valence-electron chi connectivity index (χ1n) is 10.7. The maximum Gasteiger partial charge on any atom is 0.222 e. The number of carbonyl (C=O) groups excluding carboxylic acids is 1. The van der Waals surface area contributed by atoms with E-state index < -0.39 is 0 Å². The first-order valence-corrected chi connectivity index (χ1v) is 10.7. The molecule has 1 saturated heterocycles. The highest BCUT2D eigenvalue weighted by molar-refractivity contribution is 5.76. The maximum absolute atomic E-state index is 13.6. The zero-order valence-corrected chi connectivity index (χ0v) is 18.3. The molecule has 168 valence electrons. The summed E-state index contributed by atoms with van der Waals surface area (Å²) in [6.07, 6.45) is 2.15. The molecular formula is C24H31FN2O4. The number of hydrogen-bond donors (Lipinski definition) is 0. The van der Waals surface area contributed by atoms with Gasteiger partial charge in [0.25, 0.3) is 0 Å². The van der Waals surface area contributed by atoms with Crippen LogP contribution in [-0.4, -0.2) is 69.3 Å². The first-order chi connectivity index (χ1) is 15.1.